The normalized spacial score (nSPS) is 12.5. The van der Waals surface area contributed by atoms with Crippen molar-refractivity contribution >= 4 is 5.91 Å². The highest BCUT2D eigenvalue weighted by atomic mass is 16.5. The third-order valence-corrected chi connectivity index (χ3v) is 2.26. The zero-order chi connectivity index (χ0) is 11.5. The summed E-state index contributed by atoms with van der Waals surface area (Å²) in [5.74, 6) is 0.0797. The Kier molecular flexibility index (Phi) is 9.52. The molecule has 0 spiro atoms. The minimum Gasteiger partial charge on any atom is -0.385 e. The number of ether oxygens (including phenoxy) is 1. The van der Waals surface area contributed by atoms with Crippen molar-refractivity contribution in [3.05, 3.63) is 0 Å². The smallest absolute Gasteiger partial charge is 0.234 e. The molecule has 0 bridgehead atoms. The molecule has 1 atom stereocenters. The first-order valence-corrected chi connectivity index (χ1v) is 5.69. The molecule has 15 heavy (non-hydrogen) atoms. The van der Waals surface area contributed by atoms with E-state index in [2.05, 4.69) is 17.6 Å². The molecule has 0 aromatic carbocycles. The van der Waals surface area contributed by atoms with Crippen molar-refractivity contribution in [3.63, 3.8) is 0 Å². The van der Waals surface area contributed by atoms with Crippen LogP contribution in [-0.4, -0.2) is 38.8 Å². The number of hydrogen-bond donors (Lipinski definition) is 2. The number of hydrogen-bond acceptors (Lipinski definition) is 3. The molecule has 0 rings (SSSR count). The summed E-state index contributed by atoms with van der Waals surface area (Å²) in [6.07, 6.45) is 3.06. The van der Waals surface area contributed by atoms with Gasteiger partial charge >= 0.3 is 0 Å². The van der Waals surface area contributed by atoms with E-state index in [4.69, 9.17) is 4.74 Å². The average Bonchev–Trinajstić information content (AvgIpc) is 2.23. The first-order chi connectivity index (χ1) is 7.20. The summed E-state index contributed by atoms with van der Waals surface area (Å²) < 4.78 is 4.93. The quantitative estimate of drug-likeness (QED) is 0.563. The number of amides is 1. The minimum absolute atomic E-state index is 0.0797. The van der Waals surface area contributed by atoms with Gasteiger partial charge in [0.2, 0.25) is 5.91 Å². The van der Waals surface area contributed by atoms with Gasteiger partial charge in [0, 0.05) is 19.8 Å². The molecule has 0 saturated carbocycles. The number of carbonyl (C=O) groups is 1. The van der Waals surface area contributed by atoms with Gasteiger partial charge in [-0.3, -0.25) is 4.79 Å². The highest BCUT2D eigenvalue weighted by molar-refractivity contribution is 5.78. The zero-order valence-electron chi connectivity index (χ0n) is 10.1. The summed E-state index contributed by atoms with van der Waals surface area (Å²) in [5, 5.41) is 6.01. The topological polar surface area (TPSA) is 50.4 Å². The van der Waals surface area contributed by atoms with E-state index in [1.54, 1.807) is 7.11 Å². The Labute approximate surface area is 92.8 Å². The average molecular weight is 216 g/mol. The molecular formula is C11H24N2O2. The Bertz CT molecular complexity index is 163. The van der Waals surface area contributed by atoms with Crippen molar-refractivity contribution in [2.75, 3.05) is 26.8 Å². The van der Waals surface area contributed by atoms with Crippen LogP contribution in [0.3, 0.4) is 0 Å². The van der Waals surface area contributed by atoms with Gasteiger partial charge in [-0.15, -0.1) is 0 Å². The second-order valence-electron chi connectivity index (χ2n) is 3.75. The third kappa shape index (κ3) is 9.69. The number of methoxy groups -OCH3 is 1. The molecule has 2 N–H and O–H groups in total. The number of nitrogens with one attached hydrogen (secondary N) is 2. The van der Waals surface area contributed by atoms with Crippen molar-refractivity contribution in [1.29, 1.82) is 0 Å². The zero-order valence-corrected chi connectivity index (χ0v) is 10.1. The van der Waals surface area contributed by atoms with Crippen molar-refractivity contribution in [1.82, 2.24) is 10.6 Å². The highest BCUT2D eigenvalue weighted by Gasteiger charge is 2.03. The Morgan fingerprint density at radius 3 is 2.73 bits per heavy atom. The van der Waals surface area contributed by atoms with Crippen LogP contribution in [0.2, 0.25) is 0 Å². The predicted molar refractivity (Wildman–Crippen MR) is 61.9 cm³/mol. The van der Waals surface area contributed by atoms with Gasteiger partial charge in [0.25, 0.3) is 0 Å². The summed E-state index contributed by atoms with van der Waals surface area (Å²) in [7, 11) is 1.70. The molecule has 4 nitrogen and oxygen atoms in total. The van der Waals surface area contributed by atoms with Gasteiger partial charge in [-0.1, -0.05) is 6.92 Å². The molecule has 0 heterocycles. The maximum Gasteiger partial charge on any atom is 0.234 e. The van der Waals surface area contributed by atoms with Crippen LogP contribution in [0.1, 0.15) is 33.1 Å². The largest absolute Gasteiger partial charge is 0.385 e. The lowest BCUT2D eigenvalue weighted by molar-refractivity contribution is -0.120. The van der Waals surface area contributed by atoms with Gasteiger partial charge in [-0.2, -0.15) is 0 Å². The number of unbranched alkanes of at least 4 members (excludes halogenated alkanes) is 1. The molecule has 0 aromatic heterocycles. The molecule has 0 aliphatic heterocycles. The van der Waals surface area contributed by atoms with Gasteiger partial charge in [0.05, 0.1) is 6.54 Å². The second kappa shape index (κ2) is 9.93. The maximum atomic E-state index is 11.3. The molecule has 0 fully saturated rings. The maximum absolute atomic E-state index is 11.3. The van der Waals surface area contributed by atoms with E-state index in [0.29, 0.717) is 6.54 Å². The van der Waals surface area contributed by atoms with E-state index >= 15 is 0 Å². The van der Waals surface area contributed by atoms with Gasteiger partial charge in [0.15, 0.2) is 0 Å². The molecule has 0 radical (unpaired) electrons. The monoisotopic (exact) mass is 216 g/mol. The molecule has 1 amide bonds. The fourth-order valence-electron chi connectivity index (χ4n) is 1.13. The van der Waals surface area contributed by atoms with Gasteiger partial charge in [0.1, 0.15) is 0 Å². The van der Waals surface area contributed by atoms with Gasteiger partial charge < -0.3 is 15.4 Å². The fourth-order valence-corrected chi connectivity index (χ4v) is 1.13. The predicted octanol–water partition coefficient (Wildman–Crippen LogP) is 0.917. The lowest BCUT2D eigenvalue weighted by atomic mass is 10.2. The van der Waals surface area contributed by atoms with E-state index in [1.165, 1.54) is 0 Å². The lowest BCUT2D eigenvalue weighted by Gasteiger charge is -2.11. The van der Waals surface area contributed by atoms with Gasteiger partial charge in [-0.25, -0.2) is 0 Å². The van der Waals surface area contributed by atoms with Crippen LogP contribution in [0.4, 0.5) is 0 Å². The van der Waals surface area contributed by atoms with E-state index in [1.807, 2.05) is 6.92 Å². The van der Waals surface area contributed by atoms with Crippen LogP contribution in [0.15, 0.2) is 0 Å². The van der Waals surface area contributed by atoms with Crippen molar-refractivity contribution < 1.29 is 9.53 Å². The fraction of sp³-hybridized carbons (Fsp3) is 0.909. The summed E-state index contributed by atoms with van der Waals surface area (Å²) >= 11 is 0. The SMILES string of the molecule is CCC(C)NC(=O)CNCCCCOC. The summed E-state index contributed by atoms with van der Waals surface area (Å²) in [4.78, 5) is 11.3. The Hall–Kier alpha value is -0.610. The van der Waals surface area contributed by atoms with E-state index in [0.717, 1.165) is 32.4 Å². The highest BCUT2D eigenvalue weighted by Crippen LogP contribution is 1.88. The minimum atomic E-state index is 0.0797. The first kappa shape index (κ1) is 14.4. The Balaban J connectivity index is 3.24. The molecule has 0 aliphatic rings. The van der Waals surface area contributed by atoms with E-state index in [9.17, 15) is 4.79 Å². The van der Waals surface area contributed by atoms with Gasteiger partial charge in [-0.05, 0) is 32.7 Å². The third-order valence-electron chi connectivity index (χ3n) is 2.26. The summed E-state index contributed by atoms with van der Waals surface area (Å²) in [6, 6.07) is 0.271. The summed E-state index contributed by atoms with van der Waals surface area (Å²) in [6.45, 7) is 6.15. The van der Waals surface area contributed by atoms with Crippen molar-refractivity contribution in [2.45, 2.75) is 39.2 Å². The van der Waals surface area contributed by atoms with Crippen molar-refractivity contribution in [2.24, 2.45) is 0 Å². The Morgan fingerprint density at radius 2 is 2.13 bits per heavy atom. The Morgan fingerprint density at radius 1 is 1.40 bits per heavy atom. The van der Waals surface area contributed by atoms with Crippen LogP contribution in [0, 0.1) is 0 Å². The standard InChI is InChI=1S/C11H24N2O2/c1-4-10(2)13-11(14)9-12-7-5-6-8-15-3/h10,12H,4-9H2,1-3H3,(H,13,14). The molecule has 4 heteroatoms. The molecular weight excluding hydrogens is 192 g/mol. The molecule has 0 aromatic rings. The van der Waals surface area contributed by atoms with Crippen molar-refractivity contribution in [3.8, 4) is 0 Å². The molecule has 0 aliphatic carbocycles. The van der Waals surface area contributed by atoms with Crippen LogP contribution in [0.5, 0.6) is 0 Å². The van der Waals surface area contributed by atoms with Crippen LogP contribution in [-0.2, 0) is 9.53 Å². The lowest BCUT2D eigenvalue weighted by Crippen LogP contribution is -2.39. The van der Waals surface area contributed by atoms with Crippen LogP contribution in [0.25, 0.3) is 0 Å². The van der Waals surface area contributed by atoms with E-state index in [-0.39, 0.29) is 11.9 Å². The van der Waals surface area contributed by atoms with Crippen LogP contribution < -0.4 is 10.6 Å². The van der Waals surface area contributed by atoms with Crippen LogP contribution >= 0.6 is 0 Å². The number of carbonyl (C=O) groups excluding carboxylic acids is 1. The molecule has 0 saturated heterocycles. The number of rotatable bonds is 9. The molecule has 1 unspecified atom stereocenters. The van der Waals surface area contributed by atoms with E-state index < -0.39 is 0 Å². The molecule has 90 valence electrons. The summed E-state index contributed by atoms with van der Waals surface area (Å²) in [5.41, 5.74) is 0. The second-order valence-corrected chi connectivity index (χ2v) is 3.75. The first-order valence-electron chi connectivity index (χ1n) is 5.69.